The van der Waals surface area contributed by atoms with Crippen molar-refractivity contribution in [3.05, 3.63) is 35.9 Å². The van der Waals surface area contributed by atoms with Gasteiger partial charge in [0.1, 0.15) is 6.10 Å². The molecule has 4 heteroatoms. The third kappa shape index (κ3) is 5.76. The highest BCUT2D eigenvalue weighted by Gasteiger charge is 2.26. The lowest BCUT2D eigenvalue weighted by Gasteiger charge is -2.22. The van der Waals surface area contributed by atoms with Crippen LogP contribution in [-0.4, -0.2) is 42.3 Å². The molecule has 0 aliphatic carbocycles. The summed E-state index contributed by atoms with van der Waals surface area (Å²) in [6, 6.07) is 10.5. The standard InChI is InChI=1S/C17H26N2O2/c1-17(2,3)18-16(20)21-15-10-12-19(13-15)11-9-14-7-5-4-6-8-14/h4-8,15H,9-13H2,1-3H3,(H,18,20)/t15-/m0/s1. The van der Waals surface area contributed by atoms with Crippen LogP contribution in [0.15, 0.2) is 30.3 Å². The highest BCUT2D eigenvalue weighted by molar-refractivity contribution is 5.68. The normalized spacial score (nSPS) is 19.5. The number of ether oxygens (including phenoxy) is 1. The van der Waals surface area contributed by atoms with Crippen molar-refractivity contribution in [3.8, 4) is 0 Å². The van der Waals surface area contributed by atoms with Crippen LogP contribution in [0.4, 0.5) is 4.79 Å². The molecule has 2 rings (SSSR count). The quantitative estimate of drug-likeness (QED) is 0.927. The lowest BCUT2D eigenvalue weighted by molar-refractivity contribution is 0.0943. The molecule has 1 aromatic carbocycles. The van der Waals surface area contributed by atoms with Gasteiger partial charge in [0.05, 0.1) is 0 Å². The van der Waals surface area contributed by atoms with Gasteiger partial charge in [0, 0.05) is 25.2 Å². The zero-order valence-electron chi connectivity index (χ0n) is 13.3. The Bertz CT molecular complexity index is 454. The fraction of sp³-hybridized carbons (Fsp3) is 0.588. The molecule has 1 saturated heterocycles. The molecular formula is C17H26N2O2. The van der Waals surface area contributed by atoms with Gasteiger partial charge in [-0.05, 0) is 39.2 Å². The minimum Gasteiger partial charge on any atom is -0.445 e. The molecule has 1 heterocycles. The second-order valence-corrected chi connectivity index (χ2v) is 6.73. The molecule has 0 saturated carbocycles. The van der Waals surface area contributed by atoms with Gasteiger partial charge >= 0.3 is 6.09 Å². The van der Waals surface area contributed by atoms with Gasteiger partial charge in [-0.15, -0.1) is 0 Å². The van der Waals surface area contributed by atoms with Crippen molar-refractivity contribution >= 4 is 6.09 Å². The summed E-state index contributed by atoms with van der Waals surface area (Å²) < 4.78 is 5.48. The summed E-state index contributed by atoms with van der Waals surface area (Å²) in [5.74, 6) is 0. The largest absolute Gasteiger partial charge is 0.445 e. The zero-order chi connectivity index (χ0) is 15.3. The monoisotopic (exact) mass is 290 g/mol. The number of nitrogens with one attached hydrogen (secondary N) is 1. The Balaban J connectivity index is 1.70. The molecule has 1 fully saturated rings. The maximum Gasteiger partial charge on any atom is 0.407 e. The molecule has 0 bridgehead atoms. The summed E-state index contributed by atoms with van der Waals surface area (Å²) in [5, 5.41) is 2.84. The van der Waals surface area contributed by atoms with Crippen LogP contribution < -0.4 is 5.32 Å². The van der Waals surface area contributed by atoms with Crippen LogP contribution in [0.5, 0.6) is 0 Å². The van der Waals surface area contributed by atoms with Crippen molar-refractivity contribution in [3.63, 3.8) is 0 Å². The van der Waals surface area contributed by atoms with Crippen molar-refractivity contribution in [2.75, 3.05) is 19.6 Å². The van der Waals surface area contributed by atoms with Gasteiger partial charge in [-0.2, -0.15) is 0 Å². The number of rotatable bonds is 4. The lowest BCUT2D eigenvalue weighted by Crippen LogP contribution is -2.42. The van der Waals surface area contributed by atoms with E-state index in [1.165, 1.54) is 5.56 Å². The number of likely N-dealkylation sites (tertiary alicyclic amines) is 1. The topological polar surface area (TPSA) is 41.6 Å². The molecule has 0 aromatic heterocycles. The van der Waals surface area contributed by atoms with Crippen molar-refractivity contribution < 1.29 is 9.53 Å². The Kier molecular flexibility index (Phi) is 5.23. The van der Waals surface area contributed by atoms with Crippen molar-refractivity contribution in [1.82, 2.24) is 10.2 Å². The van der Waals surface area contributed by atoms with Crippen LogP contribution in [0.1, 0.15) is 32.8 Å². The maximum atomic E-state index is 11.7. The molecule has 0 radical (unpaired) electrons. The number of carbonyl (C=O) groups is 1. The molecule has 1 amide bonds. The first kappa shape index (κ1) is 15.8. The van der Waals surface area contributed by atoms with Gasteiger partial charge < -0.3 is 10.1 Å². The highest BCUT2D eigenvalue weighted by Crippen LogP contribution is 2.14. The minimum atomic E-state index is -0.308. The Morgan fingerprint density at radius 1 is 1.33 bits per heavy atom. The number of alkyl carbamates (subject to hydrolysis) is 1. The fourth-order valence-electron chi connectivity index (χ4n) is 2.52. The lowest BCUT2D eigenvalue weighted by atomic mass is 10.1. The molecule has 1 atom stereocenters. The van der Waals surface area contributed by atoms with Gasteiger partial charge in [-0.1, -0.05) is 30.3 Å². The number of nitrogens with zero attached hydrogens (tertiary/aromatic N) is 1. The average Bonchev–Trinajstić information content (AvgIpc) is 2.83. The summed E-state index contributed by atoms with van der Waals surface area (Å²) in [5.41, 5.74) is 1.11. The fourth-order valence-corrected chi connectivity index (χ4v) is 2.52. The Labute approximate surface area is 127 Å². The van der Waals surface area contributed by atoms with Gasteiger partial charge in [0.2, 0.25) is 0 Å². The predicted octanol–water partition coefficient (Wildman–Crippen LogP) is 2.83. The van der Waals surface area contributed by atoms with Crippen LogP contribution in [0.2, 0.25) is 0 Å². The third-order valence-corrected chi connectivity index (χ3v) is 3.54. The predicted molar refractivity (Wildman–Crippen MR) is 84.4 cm³/mol. The van der Waals surface area contributed by atoms with Crippen LogP contribution >= 0.6 is 0 Å². The first-order valence-corrected chi connectivity index (χ1v) is 7.67. The van der Waals surface area contributed by atoms with Gasteiger partial charge in [-0.3, -0.25) is 4.90 Å². The van der Waals surface area contributed by atoms with E-state index in [1.54, 1.807) is 0 Å². The molecule has 116 valence electrons. The second-order valence-electron chi connectivity index (χ2n) is 6.73. The number of amides is 1. The number of hydrogen-bond donors (Lipinski definition) is 1. The molecular weight excluding hydrogens is 264 g/mol. The van der Waals surface area contributed by atoms with Gasteiger partial charge in [0.25, 0.3) is 0 Å². The number of hydrogen-bond acceptors (Lipinski definition) is 3. The molecule has 1 aliphatic heterocycles. The van der Waals surface area contributed by atoms with Crippen LogP contribution in [0.25, 0.3) is 0 Å². The van der Waals surface area contributed by atoms with E-state index < -0.39 is 0 Å². The van der Waals surface area contributed by atoms with E-state index in [0.29, 0.717) is 0 Å². The molecule has 21 heavy (non-hydrogen) atoms. The van der Waals surface area contributed by atoms with E-state index in [4.69, 9.17) is 4.74 Å². The van der Waals surface area contributed by atoms with Crippen molar-refractivity contribution in [2.45, 2.75) is 45.3 Å². The molecule has 0 spiro atoms. The molecule has 1 aromatic rings. The third-order valence-electron chi connectivity index (χ3n) is 3.54. The molecule has 1 aliphatic rings. The van der Waals surface area contributed by atoms with E-state index >= 15 is 0 Å². The summed E-state index contributed by atoms with van der Waals surface area (Å²) >= 11 is 0. The Hall–Kier alpha value is -1.55. The summed E-state index contributed by atoms with van der Waals surface area (Å²) in [7, 11) is 0. The minimum absolute atomic E-state index is 0.0168. The summed E-state index contributed by atoms with van der Waals surface area (Å²) in [6.07, 6.45) is 1.68. The van der Waals surface area contributed by atoms with E-state index in [1.807, 2.05) is 26.8 Å². The van der Waals surface area contributed by atoms with E-state index in [0.717, 1.165) is 32.5 Å². The zero-order valence-corrected chi connectivity index (χ0v) is 13.3. The van der Waals surface area contributed by atoms with Gasteiger partial charge in [0.15, 0.2) is 0 Å². The van der Waals surface area contributed by atoms with E-state index in [2.05, 4.69) is 34.5 Å². The summed E-state index contributed by atoms with van der Waals surface area (Å²) in [4.78, 5) is 14.1. The van der Waals surface area contributed by atoms with Crippen LogP contribution in [-0.2, 0) is 11.2 Å². The van der Waals surface area contributed by atoms with E-state index in [9.17, 15) is 4.79 Å². The van der Waals surface area contributed by atoms with E-state index in [-0.39, 0.29) is 17.7 Å². The van der Waals surface area contributed by atoms with Crippen molar-refractivity contribution in [2.24, 2.45) is 0 Å². The number of carbonyl (C=O) groups excluding carboxylic acids is 1. The molecule has 0 unspecified atom stereocenters. The molecule has 4 nitrogen and oxygen atoms in total. The summed E-state index contributed by atoms with van der Waals surface area (Å²) in [6.45, 7) is 8.72. The first-order chi connectivity index (χ1) is 9.92. The first-order valence-electron chi connectivity index (χ1n) is 7.67. The SMILES string of the molecule is CC(C)(C)NC(=O)O[C@H]1CCN(CCc2ccccc2)C1. The number of benzene rings is 1. The van der Waals surface area contributed by atoms with Crippen LogP contribution in [0.3, 0.4) is 0 Å². The second kappa shape index (κ2) is 6.94. The molecule has 1 N–H and O–H groups in total. The Morgan fingerprint density at radius 2 is 2.05 bits per heavy atom. The maximum absolute atomic E-state index is 11.7. The van der Waals surface area contributed by atoms with Crippen molar-refractivity contribution in [1.29, 1.82) is 0 Å². The van der Waals surface area contributed by atoms with Crippen LogP contribution in [0, 0.1) is 0 Å². The van der Waals surface area contributed by atoms with Gasteiger partial charge in [-0.25, -0.2) is 4.79 Å². The highest BCUT2D eigenvalue weighted by atomic mass is 16.6. The smallest absolute Gasteiger partial charge is 0.407 e. The Morgan fingerprint density at radius 3 is 2.71 bits per heavy atom. The average molecular weight is 290 g/mol.